The molecule has 3 atom stereocenters. The number of carboxylic acids is 1. The Balaban J connectivity index is 1.91. The van der Waals surface area contributed by atoms with Crippen molar-refractivity contribution in [1.82, 2.24) is 9.99 Å². The van der Waals surface area contributed by atoms with Crippen LogP contribution < -0.4 is 5.09 Å². The molecule has 1 aliphatic rings. The Hall–Kier alpha value is -1.65. The molecule has 1 unspecified atom stereocenters. The standard InChI is InChI=1S/C15H21N2O4P/c1-11(14(18)17-9-5-8-13(17)15(19)20)16-22(21)10-12-6-3-2-4-7-12/h2-4,6-7,11,13,22H,5,8-10H2,1H3,(H,16,21)(H,19,20)/t11-,13-/m0/s1. The zero-order chi connectivity index (χ0) is 16.1. The zero-order valence-corrected chi connectivity index (χ0v) is 13.5. The summed E-state index contributed by atoms with van der Waals surface area (Å²) in [5.41, 5.74) is 0.947. The molecule has 0 spiro atoms. The van der Waals surface area contributed by atoms with Crippen molar-refractivity contribution < 1.29 is 19.3 Å². The first kappa shape index (κ1) is 16.7. The van der Waals surface area contributed by atoms with Crippen molar-refractivity contribution in [3.05, 3.63) is 35.9 Å². The van der Waals surface area contributed by atoms with Crippen LogP contribution in [0.2, 0.25) is 0 Å². The zero-order valence-electron chi connectivity index (χ0n) is 12.5. The second-order valence-electron chi connectivity index (χ2n) is 5.48. The van der Waals surface area contributed by atoms with Crippen molar-refractivity contribution in [1.29, 1.82) is 0 Å². The number of carbonyl (C=O) groups excluding carboxylic acids is 1. The van der Waals surface area contributed by atoms with E-state index >= 15 is 0 Å². The van der Waals surface area contributed by atoms with Crippen molar-refractivity contribution in [3.8, 4) is 0 Å². The van der Waals surface area contributed by atoms with Gasteiger partial charge in [-0.1, -0.05) is 30.3 Å². The molecule has 1 aliphatic heterocycles. The highest BCUT2D eigenvalue weighted by Gasteiger charge is 2.35. The lowest BCUT2D eigenvalue weighted by Gasteiger charge is -2.25. The third-order valence-electron chi connectivity index (χ3n) is 3.78. The monoisotopic (exact) mass is 324 g/mol. The summed E-state index contributed by atoms with van der Waals surface area (Å²) in [7, 11) is -2.15. The molecular formula is C15H21N2O4P. The maximum Gasteiger partial charge on any atom is 0.326 e. The number of benzene rings is 1. The normalized spacial score (nSPS) is 20.6. The number of rotatable bonds is 6. The Morgan fingerprint density at radius 1 is 1.41 bits per heavy atom. The summed E-state index contributed by atoms with van der Waals surface area (Å²) in [4.78, 5) is 24.8. The quantitative estimate of drug-likeness (QED) is 0.778. The number of nitrogens with one attached hydrogen (secondary N) is 1. The highest BCUT2D eigenvalue weighted by molar-refractivity contribution is 7.41. The van der Waals surface area contributed by atoms with Crippen LogP contribution in [-0.2, 0) is 20.3 Å². The third kappa shape index (κ3) is 4.18. The highest BCUT2D eigenvalue weighted by Crippen LogP contribution is 2.24. The molecule has 22 heavy (non-hydrogen) atoms. The van der Waals surface area contributed by atoms with Gasteiger partial charge in [-0.2, -0.15) is 0 Å². The van der Waals surface area contributed by atoms with Crippen molar-refractivity contribution in [3.63, 3.8) is 0 Å². The first-order valence-corrected chi connectivity index (χ1v) is 8.97. The summed E-state index contributed by atoms with van der Waals surface area (Å²) in [5.74, 6) is -1.27. The molecule has 2 N–H and O–H groups in total. The lowest BCUT2D eigenvalue weighted by molar-refractivity contribution is -0.148. The van der Waals surface area contributed by atoms with Crippen LogP contribution in [0.1, 0.15) is 25.3 Å². The number of carbonyl (C=O) groups is 2. The number of likely N-dealkylation sites (tertiary alicyclic amines) is 1. The minimum atomic E-state index is -2.15. The topological polar surface area (TPSA) is 86.7 Å². The Labute approximate surface area is 130 Å². The summed E-state index contributed by atoms with van der Waals surface area (Å²) in [6, 6.07) is 8.01. The van der Waals surface area contributed by atoms with E-state index in [0.29, 0.717) is 25.5 Å². The van der Waals surface area contributed by atoms with E-state index in [1.54, 1.807) is 6.92 Å². The Bertz CT molecular complexity index is 564. The molecule has 7 heteroatoms. The Morgan fingerprint density at radius 2 is 2.09 bits per heavy atom. The molecule has 1 heterocycles. The van der Waals surface area contributed by atoms with Gasteiger partial charge in [-0.25, -0.2) is 4.79 Å². The summed E-state index contributed by atoms with van der Waals surface area (Å²) in [6.45, 7) is 2.08. The van der Waals surface area contributed by atoms with Gasteiger partial charge in [0.15, 0.2) is 0 Å². The Kier molecular flexibility index (Phi) is 5.75. The average molecular weight is 324 g/mol. The van der Waals surface area contributed by atoms with Gasteiger partial charge in [0.1, 0.15) is 14.0 Å². The highest BCUT2D eigenvalue weighted by atomic mass is 31.1. The second kappa shape index (κ2) is 7.56. The van der Waals surface area contributed by atoms with E-state index in [9.17, 15) is 14.2 Å². The van der Waals surface area contributed by atoms with Crippen LogP contribution in [0.25, 0.3) is 0 Å². The molecule has 1 aromatic carbocycles. The van der Waals surface area contributed by atoms with Gasteiger partial charge in [-0.05, 0) is 25.3 Å². The molecule has 0 radical (unpaired) electrons. The maximum absolute atomic E-state index is 12.3. The van der Waals surface area contributed by atoms with Gasteiger partial charge in [0, 0.05) is 12.7 Å². The molecule has 1 saturated heterocycles. The fourth-order valence-corrected chi connectivity index (χ4v) is 3.99. The summed E-state index contributed by atoms with van der Waals surface area (Å²) >= 11 is 0. The van der Waals surface area contributed by atoms with Crippen LogP contribution in [0, 0.1) is 0 Å². The number of carboxylic acid groups (broad SMARTS) is 1. The number of aliphatic carboxylic acids is 1. The summed E-state index contributed by atoms with van der Waals surface area (Å²) in [6.07, 6.45) is 1.55. The van der Waals surface area contributed by atoms with Gasteiger partial charge < -0.3 is 14.6 Å². The van der Waals surface area contributed by atoms with Crippen molar-refractivity contribution >= 4 is 19.8 Å². The van der Waals surface area contributed by atoms with E-state index in [0.717, 1.165) is 5.56 Å². The Morgan fingerprint density at radius 3 is 2.73 bits per heavy atom. The van der Waals surface area contributed by atoms with Crippen molar-refractivity contribution in [2.45, 2.75) is 38.0 Å². The van der Waals surface area contributed by atoms with Gasteiger partial charge in [0.2, 0.25) is 5.91 Å². The van der Waals surface area contributed by atoms with Crippen molar-refractivity contribution in [2.24, 2.45) is 0 Å². The molecule has 0 aliphatic carbocycles. The molecular weight excluding hydrogens is 303 g/mol. The van der Waals surface area contributed by atoms with Crippen LogP contribution in [0.4, 0.5) is 0 Å². The van der Waals surface area contributed by atoms with Crippen molar-refractivity contribution in [2.75, 3.05) is 6.54 Å². The second-order valence-corrected chi connectivity index (χ2v) is 6.97. The SMILES string of the molecule is C[C@H](N[PH](=O)Cc1ccccc1)C(=O)N1CCC[C@H]1C(=O)O. The third-order valence-corrected chi connectivity index (χ3v) is 5.26. The summed E-state index contributed by atoms with van der Waals surface area (Å²) < 4.78 is 12.1. The van der Waals surface area contributed by atoms with Gasteiger partial charge in [-0.15, -0.1) is 0 Å². The van der Waals surface area contributed by atoms with E-state index in [-0.39, 0.29) is 5.91 Å². The van der Waals surface area contributed by atoms with Gasteiger partial charge in [0.25, 0.3) is 0 Å². The number of hydrogen-bond acceptors (Lipinski definition) is 3. The molecule has 120 valence electrons. The fourth-order valence-electron chi connectivity index (χ4n) is 2.67. The van der Waals surface area contributed by atoms with E-state index in [4.69, 9.17) is 5.11 Å². The number of amides is 1. The molecule has 0 bridgehead atoms. The molecule has 2 rings (SSSR count). The predicted octanol–water partition coefficient (Wildman–Crippen LogP) is 1.72. The van der Waals surface area contributed by atoms with E-state index < -0.39 is 26.0 Å². The molecule has 1 aromatic rings. The van der Waals surface area contributed by atoms with E-state index in [1.165, 1.54) is 4.90 Å². The van der Waals surface area contributed by atoms with Gasteiger partial charge in [0.05, 0.1) is 6.04 Å². The average Bonchev–Trinajstić information content (AvgIpc) is 2.96. The van der Waals surface area contributed by atoms with Gasteiger partial charge in [-0.3, -0.25) is 9.88 Å². The fraction of sp³-hybridized carbons (Fsp3) is 0.467. The molecule has 1 fully saturated rings. The predicted molar refractivity (Wildman–Crippen MR) is 84.1 cm³/mol. The van der Waals surface area contributed by atoms with E-state index in [2.05, 4.69) is 5.09 Å². The van der Waals surface area contributed by atoms with Crippen LogP contribution in [0.5, 0.6) is 0 Å². The van der Waals surface area contributed by atoms with Crippen LogP contribution in [0.15, 0.2) is 30.3 Å². The van der Waals surface area contributed by atoms with E-state index in [1.807, 2.05) is 30.3 Å². The smallest absolute Gasteiger partial charge is 0.326 e. The number of hydrogen-bond donors (Lipinski definition) is 2. The molecule has 0 aromatic heterocycles. The largest absolute Gasteiger partial charge is 0.480 e. The minimum absolute atomic E-state index is 0.295. The maximum atomic E-state index is 12.3. The van der Waals surface area contributed by atoms with Crippen LogP contribution in [-0.4, -0.2) is 40.5 Å². The minimum Gasteiger partial charge on any atom is -0.480 e. The van der Waals surface area contributed by atoms with Crippen LogP contribution >= 0.6 is 7.95 Å². The lowest BCUT2D eigenvalue weighted by atomic mass is 10.2. The first-order valence-electron chi connectivity index (χ1n) is 7.35. The van der Waals surface area contributed by atoms with Crippen LogP contribution in [0.3, 0.4) is 0 Å². The molecule has 0 saturated carbocycles. The summed E-state index contributed by atoms with van der Waals surface area (Å²) in [5, 5.41) is 11.9. The first-order chi connectivity index (χ1) is 10.5. The molecule has 6 nitrogen and oxygen atoms in total. The lowest BCUT2D eigenvalue weighted by Crippen LogP contribution is -2.47. The van der Waals surface area contributed by atoms with Gasteiger partial charge >= 0.3 is 5.97 Å². The molecule has 1 amide bonds. The number of nitrogens with zero attached hydrogens (tertiary/aromatic N) is 1.